The van der Waals surface area contributed by atoms with E-state index in [1.165, 1.54) is 16.9 Å². The van der Waals surface area contributed by atoms with Gasteiger partial charge in [-0.05, 0) is 49.3 Å². The van der Waals surface area contributed by atoms with Crippen LogP contribution < -0.4 is 0 Å². The molecular weight excluding hydrogens is 408 g/mol. The van der Waals surface area contributed by atoms with Crippen molar-refractivity contribution in [2.45, 2.75) is 32.7 Å². The third-order valence-electron chi connectivity index (χ3n) is 7.79. The van der Waals surface area contributed by atoms with Crippen LogP contribution in [0.5, 0.6) is 0 Å². The van der Waals surface area contributed by atoms with Gasteiger partial charge in [-0.2, -0.15) is 0 Å². The Morgan fingerprint density at radius 3 is 2.61 bits per heavy atom. The van der Waals surface area contributed by atoms with Gasteiger partial charge in [0.15, 0.2) is 0 Å². The molecule has 1 atom stereocenters. The predicted molar refractivity (Wildman–Crippen MR) is 121 cm³/mol. The smallest absolute Gasteiger partial charge is 0.263 e. The number of rotatable bonds is 4. The number of piperidine rings is 1. The van der Waals surface area contributed by atoms with E-state index in [0.29, 0.717) is 5.91 Å². The zero-order chi connectivity index (χ0) is 21.5. The van der Waals surface area contributed by atoms with Crippen LogP contribution in [0.3, 0.4) is 0 Å². The molecule has 0 radical (unpaired) electrons. The maximum absolute atomic E-state index is 13.6. The highest BCUT2D eigenvalue weighted by Gasteiger charge is 2.64. The Morgan fingerprint density at radius 2 is 1.97 bits per heavy atom. The Bertz CT molecular complexity index is 940. The maximum atomic E-state index is 13.6. The van der Waals surface area contributed by atoms with E-state index >= 15 is 0 Å². The fourth-order valence-electron chi connectivity index (χ4n) is 6.15. The Kier molecular flexibility index (Phi) is 5.34. The molecule has 2 spiro atoms. The molecule has 0 saturated carbocycles. The van der Waals surface area contributed by atoms with Crippen molar-refractivity contribution in [1.29, 1.82) is 0 Å². The van der Waals surface area contributed by atoms with E-state index in [4.69, 9.17) is 0 Å². The number of amides is 2. The van der Waals surface area contributed by atoms with E-state index < -0.39 is 0 Å². The molecule has 5 heterocycles. The van der Waals surface area contributed by atoms with Crippen LogP contribution in [-0.2, 0) is 11.3 Å². The van der Waals surface area contributed by atoms with Crippen molar-refractivity contribution < 1.29 is 9.59 Å². The van der Waals surface area contributed by atoms with Crippen molar-refractivity contribution in [3.8, 4) is 0 Å². The van der Waals surface area contributed by atoms with Crippen molar-refractivity contribution in [2.24, 2.45) is 10.8 Å². The van der Waals surface area contributed by atoms with Gasteiger partial charge < -0.3 is 9.80 Å². The Labute approximate surface area is 187 Å². The number of hydrogen-bond acceptors (Lipinski definition) is 5. The molecule has 31 heavy (non-hydrogen) atoms. The molecular formula is C24H30N4O2S. The second-order valence-corrected chi connectivity index (χ2v) is 10.2. The standard InChI is InChI=1S/C24H30N4O2S/c1-2-27-13-9-24(22(27)30)18-26(16-19-5-3-10-25-15-19)17-23(24)7-11-28(12-8-23)21(29)20-6-4-14-31-20/h3-6,10,14-15H,2,7-9,11-13,16-18H2,1H3/t24-/m0/s1. The first-order chi connectivity index (χ1) is 15.1. The van der Waals surface area contributed by atoms with Gasteiger partial charge in [0.2, 0.25) is 5.91 Å². The first-order valence-electron chi connectivity index (χ1n) is 11.3. The summed E-state index contributed by atoms with van der Waals surface area (Å²) in [5.41, 5.74) is 0.823. The zero-order valence-electron chi connectivity index (χ0n) is 18.1. The molecule has 0 aromatic carbocycles. The molecule has 2 amide bonds. The van der Waals surface area contributed by atoms with Gasteiger partial charge in [-0.3, -0.25) is 19.5 Å². The van der Waals surface area contributed by atoms with Gasteiger partial charge in [0.1, 0.15) is 0 Å². The first kappa shape index (κ1) is 20.6. The van der Waals surface area contributed by atoms with E-state index in [1.807, 2.05) is 39.6 Å². The molecule has 0 aliphatic carbocycles. The van der Waals surface area contributed by atoms with Crippen molar-refractivity contribution in [1.82, 2.24) is 19.7 Å². The topological polar surface area (TPSA) is 56.8 Å². The summed E-state index contributed by atoms with van der Waals surface area (Å²) in [6.07, 6.45) is 6.46. The zero-order valence-corrected chi connectivity index (χ0v) is 18.9. The lowest BCUT2D eigenvalue weighted by Crippen LogP contribution is -2.53. The lowest BCUT2D eigenvalue weighted by Gasteiger charge is -2.47. The van der Waals surface area contributed by atoms with E-state index in [9.17, 15) is 9.59 Å². The van der Waals surface area contributed by atoms with Crippen LogP contribution in [0.1, 0.15) is 41.4 Å². The van der Waals surface area contributed by atoms with Gasteiger partial charge in [-0.25, -0.2) is 0 Å². The van der Waals surface area contributed by atoms with Crippen molar-refractivity contribution in [3.63, 3.8) is 0 Å². The summed E-state index contributed by atoms with van der Waals surface area (Å²) in [5, 5.41) is 1.96. The average Bonchev–Trinajstić information content (AvgIpc) is 3.50. The summed E-state index contributed by atoms with van der Waals surface area (Å²) < 4.78 is 0. The number of likely N-dealkylation sites (tertiary alicyclic amines) is 3. The molecule has 3 saturated heterocycles. The Balaban J connectivity index is 1.39. The summed E-state index contributed by atoms with van der Waals surface area (Å²) in [6, 6.07) is 7.93. The largest absolute Gasteiger partial charge is 0.342 e. The molecule has 0 unspecified atom stereocenters. The number of aromatic nitrogens is 1. The summed E-state index contributed by atoms with van der Waals surface area (Å²) in [4.78, 5) is 38.1. The number of fused-ring (bicyclic) bond motifs is 1. The fraction of sp³-hybridized carbons (Fsp3) is 0.542. The predicted octanol–water partition coefficient (Wildman–Crippen LogP) is 3.12. The van der Waals surface area contributed by atoms with Crippen molar-refractivity contribution in [3.05, 3.63) is 52.5 Å². The maximum Gasteiger partial charge on any atom is 0.263 e. The fourth-order valence-corrected chi connectivity index (χ4v) is 6.85. The lowest BCUT2D eigenvalue weighted by molar-refractivity contribution is -0.141. The quantitative estimate of drug-likeness (QED) is 0.736. The van der Waals surface area contributed by atoms with Crippen molar-refractivity contribution in [2.75, 3.05) is 39.3 Å². The molecule has 164 valence electrons. The van der Waals surface area contributed by atoms with Gasteiger partial charge in [-0.1, -0.05) is 12.1 Å². The van der Waals surface area contributed by atoms with Crippen LogP contribution in [0.4, 0.5) is 0 Å². The number of hydrogen-bond donors (Lipinski definition) is 0. The Hall–Kier alpha value is -2.25. The van der Waals surface area contributed by atoms with Gasteiger partial charge >= 0.3 is 0 Å². The van der Waals surface area contributed by atoms with Crippen LogP contribution >= 0.6 is 11.3 Å². The van der Waals surface area contributed by atoms with Crippen molar-refractivity contribution >= 4 is 23.2 Å². The van der Waals surface area contributed by atoms with Crippen LogP contribution in [0.25, 0.3) is 0 Å². The lowest BCUT2D eigenvalue weighted by atomic mass is 9.60. The molecule has 3 fully saturated rings. The highest BCUT2D eigenvalue weighted by molar-refractivity contribution is 7.12. The van der Waals surface area contributed by atoms with Crippen LogP contribution in [0.15, 0.2) is 42.0 Å². The molecule has 6 nitrogen and oxygen atoms in total. The molecule has 5 rings (SSSR count). The average molecular weight is 439 g/mol. The van der Waals surface area contributed by atoms with Gasteiger partial charge in [-0.15, -0.1) is 11.3 Å². The van der Waals surface area contributed by atoms with Crippen LogP contribution in [-0.4, -0.2) is 70.8 Å². The molecule has 3 aliphatic heterocycles. The van der Waals surface area contributed by atoms with E-state index in [1.54, 1.807) is 6.20 Å². The summed E-state index contributed by atoms with van der Waals surface area (Å²) >= 11 is 1.51. The SMILES string of the molecule is CCN1CC[C@]2(CN(Cc3cccnc3)CC23CCN(C(=O)c2cccs2)CC3)C1=O. The van der Waals surface area contributed by atoms with E-state index in [0.717, 1.165) is 70.0 Å². The van der Waals surface area contributed by atoms with E-state index in [-0.39, 0.29) is 16.7 Å². The number of pyridine rings is 1. The third kappa shape index (κ3) is 3.38. The summed E-state index contributed by atoms with van der Waals surface area (Å²) in [6.45, 7) is 7.75. The third-order valence-corrected chi connectivity index (χ3v) is 8.65. The second kappa shape index (κ2) is 8.02. The first-order valence-corrected chi connectivity index (χ1v) is 12.2. The van der Waals surface area contributed by atoms with Gasteiger partial charge in [0.05, 0.1) is 10.3 Å². The minimum absolute atomic E-state index is 0.0531. The minimum Gasteiger partial charge on any atom is -0.342 e. The summed E-state index contributed by atoms with van der Waals surface area (Å²) in [7, 11) is 0. The van der Waals surface area contributed by atoms with E-state index in [2.05, 4.69) is 22.9 Å². The minimum atomic E-state index is -0.316. The monoisotopic (exact) mass is 438 g/mol. The number of carbonyl (C=O) groups excluding carboxylic acids is 2. The van der Waals surface area contributed by atoms with Gasteiger partial charge in [0, 0.05) is 63.6 Å². The van der Waals surface area contributed by atoms with Crippen LogP contribution in [0, 0.1) is 10.8 Å². The molecule has 7 heteroatoms. The Morgan fingerprint density at radius 1 is 1.13 bits per heavy atom. The molecule has 0 N–H and O–H groups in total. The molecule has 3 aliphatic rings. The molecule has 0 bridgehead atoms. The normalized spacial score (nSPS) is 25.8. The second-order valence-electron chi connectivity index (χ2n) is 9.27. The van der Waals surface area contributed by atoms with Gasteiger partial charge in [0.25, 0.3) is 5.91 Å². The summed E-state index contributed by atoms with van der Waals surface area (Å²) in [5.74, 6) is 0.471. The molecule has 2 aromatic heterocycles. The number of carbonyl (C=O) groups is 2. The number of nitrogens with zero attached hydrogens (tertiary/aromatic N) is 4. The highest BCUT2D eigenvalue weighted by Crippen LogP contribution is 2.58. The number of thiophene rings is 1. The highest BCUT2D eigenvalue weighted by atomic mass is 32.1. The van der Waals surface area contributed by atoms with Crippen LogP contribution in [0.2, 0.25) is 0 Å². The molecule has 2 aromatic rings.